The summed E-state index contributed by atoms with van der Waals surface area (Å²) in [4.78, 5) is 9.54. The van der Waals surface area contributed by atoms with Crippen LogP contribution in [-0.2, 0) is 4.79 Å². The summed E-state index contributed by atoms with van der Waals surface area (Å²) in [6.07, 6.45) is 0. The Balaban J connectivity index is 4.23. The van der Waals surface area contributed by atoms with Gasteiger partial charge in [-0.2, -0.15) is 0 Å². The second-order valence-corrected chi connectivity index (χ2v) is 0.412. The average molecular weight is 74.1 g/mol. The van der Waals surface area contributed by atoms with Crippen molar-refractivity contribution in [2.75, 3.05) is 0 Å². The van der Waals surface area contributed by atoms with Crippen LogP contribution in [0.25, 0.3) is 0 Å². The zero-order chi connectivity index (χ0) is 6.73. The molecule has 0 aliphatic heterocycles. The van der Waals surface area contributed by atoms with Crippen LogP contribution < -0.4 is 5.11 Å². The molecule has 0 fully saturated rings. The predicted octanol–water partition coefficient (Wildman–Crippen LogP) is -1.08. The van der Waals surface area contributed by atoms with Crippen molar-refractivity contribution in [2.24, 2.45) is 0 Å². The summed E-state index contributed by atoms with van der Waals surface area (Å²) in [6.45, 7) is -1.04. The quantitative estimate of drug-likeness (QED) is 0.371. The Hall–Kier alpha value is -0.790. The highest BCUT2D eigenvalue weighted by atomic mass is 16.4. The van der Waals surface area contributed by atoms with Crippen LogP contribution >= 0.6 is 0 Å². The Morgan fingerprint density at radius 1 is 2.60 bits per heavy atom. The van der Waals surface area contributed by atoms with Gasteiger partial charge in [0.05, 0.1) is 10.1 Å². The largest absolute Gasteiger partial charge is 0.545 e. The molecule has 0 atom stereocenters. The lowest BCUT2D eigenvalue weighted by Gasteiger charge is -1.81. The molecule has 0 spiro atoms. The van der Waals surface area contributed by atoms with Crippen LogP contribution in [-0.4, -0.2) is 5.97 Å². The highest BCUT2D eigenvalue weighted by molar-refractivity contribution is 5.76. The third-order valence-electron chi connectivity index (χ3n) is 0.102. The Bertz CT molecular complexity index is 135. The number of carboxylic acids is 1. The maximum absolute atomic E-state index is 9.54. The van der Waals surface area contributed by atoms with Crippen LogP contribution in [0.15, 0.2) is 12.6 Å². The maximum Gasteiger partial charge on any atom is 0.0636 e. The lowest BCUT2D eigenvalue weighted by Crippen LogP contribution is -2.17. The SMILES string of the molecule is [2H]C([2H])=C([2H])C(=O)[O-]. The minimum Gasteiger partial charge on any atom is -0.545 e. The van der Waals surface area contributed by atoms with Crippen LogP contribution in [0.1, 0.15) is 4.11 Å². The van der Waals surface area contributed by atoms with E-state index in [4.69, 9.17) is 4.11 Å². The average Bonchev–Trinajstić information content (AvgIpc) is 1.64. The fraction of sp³-hybridized carbons (Fsp3) is 0. The van der Waals surface area contributed by atoms with Gasteiger partial charge in [0.1, 0.15) is 0 Å². The number of carbonyl (C=O) groups excluding carboxylic acids is 1. The van der Waals surface area contributed by atoms with Gasteiger partial charge in [0, 0.05) is 0 Å². The zero-order valence-electron chi connectivity index (χ0n) is 5.32. The van der Waals surface area contributed by atoms with Gasteiger partial charge < -0.3 is 9.90 Å². The van der Waals surface area contributed by atoms with Crippen molar-refractivity contribution in [1.82, 2.24) is 0 Å². The smallest absolute Gasteiger partial charge is 0.0636 e. The summed E-state index contributed by atoms with van der Waals surface area (Å²) < 4.78 is 18.8. The third-order valence-corrected chi connectivity index (χ3v) is 0.102. The predicted molar refractivity (Wildman–Crippen MR) is 15.2 cm³/mol. The van der Waals surface area contributed by atoms with Crippen molar-refractivity contribution < 1.29 is 14.0 Å². The molecule has 0 aromatic carbocycles. The molecular weight excluding hydrogens is 68.0 g/mol. The van der Waals surface area contributed by atoms with Gasteiger partial charge in [-0.1, -0.05) is 6.53 Å². The van der Waals surface area contributed by atoms with E-state index < -0.39 is 18.6 Å². The van der Waals surface area contributed by atoms with Crippen molar-refractivity contribution in [3.05, 3.63) is 12.6 Å². The first-order valence-electron chi connectivity index (χ1n) is 2.41. The first-order valence-corrected chi connectivity index (χ1v) is 0.908. The fourth-order valence-electron chi connectivity index (χ4n) is 0. The first kappa shape index (κ1) is 1.12. The number of hydrogen-bond acceptors (Lipinski definition) is 2. The minimum atomic E-state index is -1.79. The van der Waals surface area contributed by atoms with Crippen LogP contribution in [0, 0.1) is 0 Å². The molecule has 0 unspecified atom stereocenters. The van der Waals surface area contributed by atoms with Crippen LogP contribution in [0.2, 0.25) is 0 Å². The fourth-order valence-corrected chi connectivity index (χ4v) is 0. The Labute approximate surface area is 34.0 Å². The van der Waals surface area contributed by atoms with E-state index in [-0.39, 0.29) is 0 Å². The van der Waals surface area contributed by atoms with E-state index in [1.807, 2.05) is 0 Å². The standard InChI is InChI=1S/C3H4O2/c1-2-3(4)5/h2H,1H2,(H,4,5)/p-1/i1D2,2D. The van der Waals surface area contributed by atoms with E-state index >= 15 is 0 Å². The molecule has 0 aromatic rings. The Morgan fingerprint density at radius 3 is 3.20 bits per heavy atom. The molecule has 0 aliphatic carbocycles. The molecule has 0 aromatic heterocycles. The van der Waals surface area contributed by atoms with E-state index in [2.05, 4.69) is 0 Å². The molecule has 0 amide bonds. The van der Waals surface area contributed by atoms with Crippen LogP contribution in [0.3, 0.4) is 0 Å². The molecule has 0 N–H and O–H groups in total. The number of carbonyl (C=O) groups is 1. The molecule has 0 rings (SSSR count). The molecule has 0 saturated carbocycles. The van der Waals surface area contributed by atoms with E-state index in [1.54, 1.807) is 0 Å². The molecule has 2 heteroatoms. The Morgan fingerprint density at radius 2 is 3.20 bits per heavy atom. The molecule has 2 nitrogen and oxygen atoms in total. The van der Waals surface area contributed by atoms with Crippen molar-refractivity contribution >= 4 is 5.97 Å². The molecule has 0 bridgehead atoms. The van der Waals surface area contributed by atoms with E-state index in [0.717, 1.165) is 0 Å². The summed E-state index contributed by atoms with van der Waals surface area (Å²) in [5.74, 6) is -1.79. The molecular formula is C3H3O2-. The molecule has 5 heavy (non-hydrogen) atoms. The van der Waals surface area contributed by atoms with Gasteiger partial charge in [-0.05, 0) is 6.05 Å². The summed E-state index contributed by atoms with van der Waals surface area (Å²) in [5, 5.41) is 9.54. The van der Waals surface area contributed by atoms with Gasteiger partial charge in [0.25, 0.3) is 0 Å². The van der Waals surface area contributed by atoms with Gasteiger partial charge >= 0.3 is 0 Å². The third kappa shape index (κ3) is 3.21. The monoisotopic (exact) mass is 74.0 g/mol. The van der Waals surface area contributed by atoms with E-state index in [1.165, 1.54) is 0 Å². The van der Waals surface area contributed by atoms with Gasteiger partial charge in [-0.3, -0.25) is 0 Å². The summed E-state index contributed by atoms with van der Waals surface area (Å²) in [7, 11) is 0. The number of rotatable bonds is 1. The summed E-state index contributed by atoms with van der Waals surface area (Å²) >= 11 is 0. The van der Waals surface area contributed by atoms with Crippen molar-refractivity contribution in [3.8, 4) is 0 Å². The first-order chi connectivity index (χ1) is 3.55. The zero-order valence-corrected chi connectivity index (χ0v) is 2.32. The molecule has 0 heterocycles. The number of carboxylic acid groups (broad SMARTS) is 1. The lowest BCUT2D eigenvalue weighted by molar-refractivity contribution is -0.297. The van der Waals surface area contributed by atoms with Crippen LogP contribution in [0.4, 0.5) is 0 Å². The van der Waals surface area contributed by atoms with Crippen molar-refractivity contribution in [2.45, 2.75) is 0 Å². The maximum atomic E-state index is 9.54. The van der Waals surface area contributed by atoms with Gasteiger partial charge in [-0.25, -0.2) is 0 Å². The number of hydrogen-bond donors (Lipinski definition) is 0. The topological polar surface area (TPSA) is 40.1 Å². The van der Waals surface area contributed by atoms with E-state index in [9.17, 15) is 9.90 Å². The Kier molecular flexibility index (Phi) is 0.342. The molecule has 28 valence electrons. The van der Waals surface area contributed by atoms with Gasteiger partial charge in [-0.15, -0.1) is 0 Å². The second-order valence-electron chi connectivity index (χ2n) is 0.412. The van der Waals surface area contributed by atoms with Gasteiger partial charge in [0.2, 0.25) is 0 Å². The molecule has 0 radical (unpaired) electrons. The lowest BCUT2D eigenvalue weighted by atomic mass is 10.7. The van der Waals surface area contributed by atoms with Crippen molar-refractivity contribution in [3.63, 3.8) is 0 Å². The highest BCUT2D eigenvalue weighted by Crippen LogP contribution is 1.47. The summed E-state index contributed by atoms with van der Waals surface area (Å²) in [5.41, 5.74) is 0. The summed E-state index contributed by atoms with van der Waals surface area (Å²) in [6, 6.07) is -1.09. The van der Waals surface area contributed by atoms with Crippen molar-refractivity contribution in [1.29, 1.82) is 0 Å². The van der Waals surface area contributed by atoms with Gasteiger partial charge in [0.15, 0.2) is 0 Å². The second kappa shape index (κ2) is 1.52. The van der Waals surface area contributed by atoms with E-state index in [0.29, 0.717) is 0 Å². The molecule has 0 aliphatic rings. The molecule has 0 saturated heterocycles. The normalized spacial score (nSPS) is 14.0. The minimum absolute atomic E-state index is 1.04. The highest BCUT2D eigenvalue weighted by Gasteiger charge is 1.55. The van der Waals surface area contributed by atoms with Crippen LogP contribution in [0.5, 0.6) is 0 Å². The number of aliphatic carboxylic acids is 1.